The van der Waals surface area contributed by atoms with Crippen LogP contribution in [0.5, 0.6) is 0 Å². The van der Waals surface area contributed by atoms with E-state index in [0.717, 1.165) is 12.3 Å². The summed E-state index contributed by atoms with van der Waals surface area (Å²) >= 11 is 0. The minimum Gasteiger partial charge on any atom is -0.391 e. The highest BCUT2D eigenvalue weighted by molar-refractivity contribution is 4.88. The minimum atomic E-state index is -0.0321. The molecule has 1 aliphatic carbocycles. The Hall–Kier alpha value is -0.0800. The van der Waals surface area contributed by atoms with Crippen LogP contribution in [0.3, 0.4) is 0 Å². The predicted octanol–water partition coefficient (Wildman–Crippen LogP) is 1.24. The molecule has 3 atom stereocenters. The summed E-state index contributed by atoms with van der Waals surface area (Å²) in [6, 6.07) is 0.495. The van der Waals surface area contributed by atoms with Gasteiger partial charge >= 0.3 is 0 Å². The highest BCUT2D eigenvalue weighted by atomic mass is 16.3. The van der Waals surface area contributed by atoms with Gasteiger partial charge in [-0.15, -0.1) is 0 Å². The first kappa shape index (κ1) is 8.52. The molecular formula is C10H19NO. The van der Waals surface area contributed by atoms with Crippen molar-refractivity contribution in [2.45, 2.75) is 44.8 Å². The summed E-state index contributed by atoms with van der Waals surface area (Å²) in [5.41, 5.74) is 0. The Kier molecular flexibility index (Phi) is 2.37. The smallest absolute Gasteiger partial charge is 0.0695 e. The number of aliphatic hydroxyl groups is 1. The highest BCUT2D eigenvalue weighted by Crippen LogP contribution is 2.28. The topological polar surface area (TPSA) is 23.5 Å². The maximum Gasteiger partial charge on any atom is 0.0695 e. The molecule has 0 amide bonds. The number of aliphatic hydroxyl groups excluding tert-OH is 1. The van der Waals surface area contributed by atoms with E-state index in [0.29, 0.717) is 6.04 Å². The van der Waals surface area contributed by atoms with E-state index in [9.17, 15) is 5.11 Å². The van der Waals surface area contributed by atoms with E-state index in [1.54, 1.807) is 0 Å². The molecule has 0 aromatic rings. The van der Waals surface area contributed by atoms with Crippen LogP contribution >= 0.6 is 0 Å². The zero-order valence-corrected chi connectivity index (χ0v) is 7.87. The molecule has 1 saturated carbocycles. The van der Waals surface area contributed by atoms with Crippen molar-refractivity contribution < 1.29 is 5.11 Å². The molecule has 0 spiro atoms. The molecule has 0 radical (unpaired) electrons. The van der Waals surface area contributed by atoms with Crippen LogP contribution in [0, 0.1) is 5.92 Å². The van der Waals surface area contributed by atoms with Crippen LogP contribution in [0.15, 0.2) is 0 Å². The fourth-order valence-electron chi connectivity index (χ4n) is 2.62. The lowest BCUT2D eigenvalue weighted by molar-refractivity contribution is 0.0835. The van der Waals surface area contributed by atoms with E-state index in [-0.39, 0.29) is 6.10 Å². The van der Waals surface area contributed by atoms with Gasteiger partial charge in [0.15, 0.2) is 0 Å². The molecule has 1 N–H and O–H groups in total. The Labute approximate surface area is 74.6 Å². The molecule has 1 heterocycles. The maximum absolute atomic E-state index is 9.69. The largest absolute Gasteiger partial charge is 0.391 e. The molecule has 12 heavy (non-hydrogen) atoms. The van der Waals surface area contributed by atoms with Crippen LogP contribution in [-0.4, -0.2) is 35.2 Å². The van der Waals surface area contributed by atoms with E-state index >= 15 is 0 Å². The molecule has 0 aromatic carbocycles. The second-order valence-electron chi connectivity index (χ2n) is 4.45. The Bertz CT molecular complexity index is 160. The van der Waals surface area contributed by atoms with Gasteiger partial charge in [-0.3, -0.25) is 4.90 Å². The SMILES string of the molecule is CC1CCN(C2CCCC2O)C1. The van der Waals surface area contributed by atoms with Gasteiger partial charge in [-0.05, 0) is 38.1 Å². The lowest BCUT2D eigenvalue weighted by Crippen LogP contribution is -2.38. The van der Waals surface area contributed by atoms with E-state index in [1.807, 2.05) is 0 Å². The zero-order valence-electron chi connectivity index (χ0n) is 7.87. The van der Waals surface area contributed by atoms with Crippen molar-refractivity contribution in [2.24, 2.45) is 5.92 Å². The first-order chi connectivity index (χ1) is 5.77. The van der Waals surface area contributed by atoms with Crippen molar-refractivity contribution in [2.75, 3.05) is 13.1 Å². The number of likely N-dealkylation sites (tertiary alicyclic amines) is 1. The van der Waals surface area contributed by atoms with E-state index in [4.69, 9.17) is 0 Å². The average molecular weight is 169 g/mol. The fourth-order valence-corrected chi connectivity index (χ4v) is 2.62. The van der Waals surface area contributed by atoms with Crippen LogP contribution in [0.25, 0.3) is 0 Å². The molecule has 70 valence electrons. The zero-order chi connectivity index (χ0) is 8.55. The van der Waals surface area contributed by atoms with Gasteiger partial charge in [0, 0.05) is 12.6 Å². The third-order valence-corrected chi connectivity index (χ3v) is 3.37. The normalized spacial score (nSPS) is 44.0. The molecule has 2 aliphatic rings. The fraction of sp³-hybridized carbons (Fsp3) is 1.00. The molecule has 2 nitrogen and oxygen atoms in total. The summed E-state index contributed by atoms with van der Waals surface area (Å²) in [6.45, 7) is 4.73. The van der Waals surface area contributed by atoms with Crippen molar-refractivity contribution in [3.63, 3.8) is 0 Å². The lowest BCUT2D eigenvalue weighted by atomic mass is 10.1. The van der Waals surface area contributed by atoms with Gasteiger partial charge in [-0.25, -0.2) is 0 Å². The third kappa shape index (κ3) is 1.50. The first-order valence-corrected chi connectivity index (χ1v) is 5.19. The van der Waals surface area contributed by atoms with Crippen LogP contribution in [0.2, 0.25) is 0 Å². The van der Waals surface area contributed by atoms with Crippen LogP contribution in [0.1, 0.15) is 32.6 Å². The van der Waals surface area contributed by atoms with Crippen LogP contribution < -0.4 is 0 Å². The monoisotopic (exact) mass is 169 g/mol. The Morgan fingerprint density at radius 1 is 1.25 bits per heavy atom. The lowest BCUT2D eigenvalue weighted by Gasteiger charge is -2.26. The van der Waals surface area contributed by atoms with Gasteiger partial charge in [0.25, 0.3) is 0 Å². The number of rotatable bonds is 1. The standard InChI is InChI=1S/C10H19NO/c1-8-5-6-11(7-8)9-3-2-4-10(9)12/h8-10,12H,2-7H2,1H3. The van der Waals surface area contributed by atoms with Crippen molar-refractivity contribution in [3.8, 4) is 0 Å². The van der Waals surface area contributed by atoms with Crippen LogP contribution in [0.4, 0.5) is 0 Å². The second kappa shape index (κ2) is 3.35. The van der Waals surface area contributed by atoms with Gasteiger partial charge in [0.1, 0.15) is 0 Å². The third-order valence-electron chi connectivity index (χ3n) is 3.37. The Balaban J connectivity index is 1.91. The molecular weight excluding hydrogens is 150 g/mol. The Morgan fingerprint density at radius 3 is 2.58 bits per heavy atom. The molecule has 2 fully saturated rings. The molecule has 2 heteroatoms. The summed E-state index contributed by atoms with van der Waals surface area (Å²) in [5, 5.41) is 9.69. The highest BCUT2D eigenvalue weighted by Gasteiger charge is 2.33. The number of hydrogen-bond acceptors (Lipinski definition) is 2. The second-order valence-corrected chi connectivity index (χ2v) is 4.45. The number of hydrogen-bond donors (Lipinski definition) is 1. The predicted molar refractivity (Wildman–Crippen MR) is 49.0 cm³/mol. The van der Waals surface area contributed by atoms with Gasteiger partial charge in [0.2, 0.25) is 0 Å². The quantitative estimate of drug-likeness (QED) is 0.638. The van der Waals surface area contributed by atoms with Gasteiger partial charge in [-0.1, -0.05) is 6.92 Å². The molecule has 3 unspecified atom stereocenters. The molecule has 0 bridgehead atoms. The summed E-state index contributed by atoms with van der Waals surface area (Å²) in [5.74, 6) is 0.845. The van der Waals surface area contributed by atoms with E-state index < -0.39 is 0 Å². The Morgan fingerprint density at radius 2 is 2.08 bits per heavy atom. The van der Waals surface area contributed by atoms with Crippen molar-refractivity contribution in [1.29, 1.82) is 0 Å². The molecule has 1 saturated heterocycles. The van der Waals surface area contributed by atoms with Crippen molar-refractivity contribution >= 4 is 0 Å². The van der Waals surface area contributed by atoms with Crippen molar-refractivity contribution in [1.82, 2.24) is 4.90 Å². The summed E-state index contributed by atoms with van der Waals surface area (Å²) in [4.78, 5) is 2.49. The van der Waals surface area contributed by atoms with Gasteiger partial charge in [-0.2, -0.15) is 0 Å². The summed E-state index contributed by atoms with van der Waals surface area (Å²) in [6.07, 6.45) is 4.75. The summed E-state index contributed by atoms with van der Waals surface area (Å²) < 4.78 is 0. The number of nitrogens with zero attached hydrogens (tertiary/aromatic N) is 1. The first-order valence-electron chi connectivity index (χ1n) is 5.19. The molecule has 0 aromatic heterocycles. The molecule has 2 rings (SSSR count). The van der Waals surface area contributed by atoms with Crippen LogP contribution in [-0.2, 0) is 0 Å². The average Bonchev–Trinajstić information content (AvgIpc) is 2.58. The minimum absolute atomic E-state index is 0.0321. The maximum atomic E-state index is 9.69. The van der Waals surface area contributed by atoms with Gasteiger partial charge in [0.05, 0.1) is 6.10 Å². The van der Waals surface area contributed by atoms with E-state index in [1.165, 1.54) is 32.4 Å². The molecule has 1 aliphatic heterocycles. The van der Waals surface area contributed by atoms with Crippen molar-refractivity contribution in [3.05, 3.63) is 0 Å². The van der Waals surface area contributed by atoms with Gasteiger partial charge < -0.3 is 5.11 Å². The summed E-state index contributed by atoms with van der Waals surface area (Å²) in [7, 11) is 0. The van der Waals surface area contributed by atoms with E-state index in [2.05, 4.69) is 11.8 Å².